The molecule has 0 saturated carbocycles. The van der Waals surface area contributed by atoms with E-state index in [0.29, 0.717) is 12.8 Å². The van der Waals surface area contributed by atoms with Crippen LogP contribution in [-0.4, -0.2) is 29.6 Å². The molecule has 0 aliphatic carbocycles. The van der Waals surface area contributed by atoms with Crippen LogP contribution in [0, 0.1) is 11.3 Å². The summed E-state index contributed by atoms with van der Waals surface area (Å²) in [6.45, 7) is 8.34. The molecule has 112 valence electrons. The molecule has 1 amide bonds. The summed E-state index contributed by atoms with van der Waals surface area (Å²) in [7, 11) is 0. The van der Waals surface area contributed by atoms with Crippen molar-refractivity contribution in [3.63, 3.8) is 0 Å². The minimum absolute atomic E-state index is 0.0104. The van der Waals surface area contributed by atoms with Gasteiger partial charge < -0.3 is 16.2 Å². The molecule has 0 spiro atoms. The third-order valence-electron chi connectivity index (χ3n) is 2.98. The Morgan fingerprint density at radius 2 is 1.89 bits per heavy atom. The lowest BCUT2D eigenvalue weighted by molar-refractivity contribution is -0.142. The Bertz CT molecular complexity index is 298. The number of carbonyl (C=O) groups is 2. The number of carboxylic acids is 1. The smallest absolute Gasteiger partial charge is 0.326 e. The molecular weight excluding hydrogens is 244 g/mol. The van der Waals surface area contributed by atoms with Crippen molar-refractivity contribution in [3.8, 4) is 0 Å². The lowest BCUT2D eigenvalue weighted by atomic mass is 9.84. The van der Waals surface area contributed by atoms with Crippen molar-refractivity contribution in [1.29, 1.82) is 0 Å². The number of hydrogen-bond donors (Lipinski definition) is 3. The van der Waals surface area contributed by atoms with Crippen LogP contribution in [0.4, 0.5) is 0 Å². The van der Waals surface area contributed by atoms with Gasteiger partial charge in [-0.2, -0.15) is 0 Å². The highest BCUT2D eigenvalue weighted by molar-refractivity contribution is 5.85. The Hall–Kier alpha value is -1.10. The average molecular weight is 272 g/mol. The van der Waals surface area contributed by atoms with E-state index in [0.717, 1.165) is 12.8 Å². The predicted octanol–water partition coefficient (Wildman–Crippen LogP) is 1.76. The van der Waals surface area contributed by atoms with Crippen LogP contribution in [0.15, 0.2) is 0 Å². The maximum absolute atomic E-state index is 12.1. The zero-order valence-corrected chi connectivity index (χ0v) is 12.5. The molecule has 0 aromatic rings. The highest BCUT2D eigenvalue weighted by Crippen LogP contribution is 2.24. The van der Waals surface area contributed by atoms with Crippen molar-refractivity contribution < 1.29 is 14.7 Å². The van der Waals surface area contributed by atoms with E-state index in [9.17, 15) is 9.59 Å². The number of aliphatic carboxylic acids is 1. The molecule has 0 heterocycles. The molecule has 5 nitrogen and oxygen atoms in total. The largest absolute Gasteiger partial charge is 0.480 e. The molecular formula is C14H28N2O3. The molecule has 19 heavy (non-hydrogen) atoms. The van der Waals surface area contributed by atoms with Gasteiger partial charge in [0.05, 0.1) is 5.92 Å². The Kier molecular flexibility index (Phi) is 7.68. The van der Waals surface area contributed by atoms with Crippen molar-refractivity contribution in [1.82, 2.24) is 5.32 Å². The molecule has 0 rings (SSSR count). The topological polar surface area (TPSA) is 92.4 Å². The van der Waals surface area contributed by atoms with Gasteiger partial charge in [0.1, 0.15) is 6.04 Å². The van der Waals surface area contributed by atoms with E-state index in [-0.39, 0.29) is 23.8 Å². The molecule has 0 saturated heterocycles. The summed E-state index contributed by atoms with van der Waals surface area (Å²) in [5.74, 6) is -1.56. The van der Waals surface area contributed by atoms with Crippen LogP contribution in [0.3, 0.4) is 0 Å². The first-order chi connectivity index (χ1) is 8.71. The number of unbranched alkanes of at least 4 members (excludes halogenated alkanes) is 1. The van der Waals surface area contributed by atoms with E-state index in [1.165, 1.54) is 0 Å². The Balaban J connectivity index is 4.55. The second-order valence-electron chi connectivity index (χ2n) is 6.24. The third-order valence-corrected chi connectivity index (χ3v) is 2.98. The minimum Gasteiger partial charge on any atom is -0.480 e. The van der Waals surface area contributed by atoms with Crippen LogP contribution >= 0.6 is 0 Å². The van der Waals surface area contributed by atoms with Crippen molar-refractivity contribution in [2.75, 3.05) is 6.54 Å². The maximum atomic E-state index is 12.1. The van der Waals surface area contributed by atoms with Crippen molar-refractivity contribution in [3.05, 3.63) is 0 Å². The molecule has 0 radical (unpaired) electrons. The normalized spacial score (nSPS) is 14.8. The zero-order valence-electron chi connectivity index (χ0n) is 12.5. The third kappa shape index (κ3) is 7.82. The molecule has 0 bridgehead atoms. The molecule has 1 unspecified atom stereocenters. The number of nitrogens with two attached hydrogens (primary N) is 1. The SMILES string of the molecule is CCCC[C@H](NC(=O)C(CN)CC(C)(C)C)C(=O)O. The van der Waals surface area contributed by atoms with E-state index in [1.54, 1.807) is 0 Å². The molecule has 0 aromatic carbocycles. The lowest BCUT2D eigenvalue weighted by Gasteiger charge is -2.25. The first-order valence-corrected chi connectivity index (χ1v) is 6.94. The Morgan fingerprint density at radius 1 is 1.32 bits per heavy atom. The Morgan fingerprint density at radius 3 is 2.26 bits per heavy atom. The van der Waals surface area contributed by atoms with Gasteiger partial charge in [0.15, 0.2) is 0 Å². The van der Waals surface area contributed by atoms with Crippen LogP contribution in [0.1, 0.15) is 53.4 Å². The predicted molar refractivity (Wildman–Crippen MR) is 75.7 cm³/mol. The van der Waals surface area contributed by atoms with Gasteiger partial charge in [-0.3, -0.25) is 4.79 Å². The fourth-order valence-corrected chi connectivity index (χ4v) is 1.98. The number of nitrogens with one attached hydrogen (secondary N) is 1. The van der Waals surface area contributed by atoms with Gasteiger partial charge >= 0.3 is 5.97 Å². The van der Waals surface area contributed by atoms with Crippen LogP contribution in [0.2, 0.25) is 0 Å². The maximum Gasteiger partial charge on any atom is 0.326 e. The highest BCUT2D eigenvalue weighted by atomic mass is 16.4. The fraction of sp³-hybridized carbons (Fsp3) is 0.857. The van der Waals surface area contributed by atoms with Crippen molar-refractivity contribution in [2.45, 2.75) is 59.4 Å². The van der Waals surface area contributed by atoms with Crippen LogP contribution in [0.25, 0.3) is 0 Å². The second-order valence-corrected chi connectivity index (χ2v) is 6.24. The summed E-state index contributed by atoms with van der Waals surface area (Å²) in [6.07, 6.45) is 2.80. The van der Waals surface area contributed by atoms with E-state index in [1.807, 2.05) is 27.7 Å². The van der Waals surface area contributed by atoms with Gasteiger partial charge in [-0.05, 0) is 18.3 Å². The number of carboxylic acid groups (broad SMARTS) is 1. The molecule has 0 aliphatic heterocycles. The minimum atomic E-state index is -0.978. The van der Waals surface area contributed by atoms with Gasteiger partial charge in [0.2, 0.25) is 5.91 Å². The first kappa shape index (κ1) is 17.9. The fourth-order valence-electron chi connectivity index (χ4n) is 1.98. The highest BCUT2D eigenvalue weighted by Gasteiger charge is 2.27. The van der Waals surface area contributed by atoms with E-state index >= 15 is 0 Å². The molecule has 0 aliphatic rings. The molecule has 0 fully saturated rings. The standard InChI is InChI=1S/C14H28N2O3/c1-5-6-7-11(13(18)19)16-12(17)10(9-15)8-14(2,3)4/h10-11H,5-9,15H2,1-4H3,(H,16,17)(H,18,19)/t10?,11-/m0/s1. The van der Waals surface area contributed by atoms with Crippen LogP contribution in [-0.2, 0) is 9.59 Å². The van der Waals surface area contributed by atoms with Crippen molar-refractivity contribution >= 4 is 11.9 Å². The van der Waals surface area contributed by atoms with Gasteiger partial charge in [-0.1, -0.05) is 40.5 Å². The van der Waals surface area contributed by atoms with Crippen LogP contribution in [0.5, 0.6) is 0 Å². The first-order valence-electron chi connectivity index (χ1n) is 6.94. The molecule has 0 aromatic heterocycles. The number of hydrogen-bond acceptors (Lipinski definition) is 3. The van der Waals surface area contributed by atoms with Crippen molar-refractivity contribution in [2.24, 2.45) is 17.1 Å². The Labute approximate surface area is 115 Å². The number of carbonyl (C=O) groups excluding carboxylic acids is 1. The number of rotatable bonds is 8. The summed E-state index contributed by atoms with van der Waals surface area (Å²) in [5.41, 5.74) is 5.61. The average Bonchev–Trinajstić information content (AvgIpc) is 2.29. The summed E-state index contributed by atoms with van der Waals surface area (Å²) in [6, 6.07) is -0.804. The van der Waals surface area contributed by atoms with Gasteiger partial charge in [-0.25, -0.2) is 4.79 Å². The van der Waals surface area contributed by atoms with Gasteiger partial charge in [0, 0.05) is 6.54 Å². The summed E-state index contributed by atoms with van der Waals surface area (Å²) in [5, 5.41) is 11.7. The van der Waals surface area contributed by atoms with E-state index in [4.69, 9.17) is 10.8 Å². The van der Waals surface area contributed by atoms with Gasteiger partial charge in [0.25, 0.3) is 0 Å². The van der Waals surface area contributed by atoms with E-state index in [2.05, 4.69) is 5.32 Å². The zero-order chi connectivity index (χ0) is 15.1. The summed E-state index contributed by atoms with van der Waals surface area (Å²) >= 11 is 0. The second kappa shape index (κ2) is 8.15. The lowest BCUT2D eigenvalue weighted by Crippen LogP contribution is -2.46. The molecule has 5 heteroatoms. The van der Waals surface area contributed by atoms with E-state index < -0.39 is 12.0 Å². The molecule has 2 atom stereocenters. The molecule has 4 N–H and O–H groups in total. The quantitative estimate of drug-likeness (QED) is 0.627. The summed E-state index contributed by atoms with van der Waals surface area (Å²) < 4.78 is 0. The van der Waals surface area contributed by atoms with Crippen LogP contribution < -0.4 is 11.1 Å². The monoisotopic (exact) mass is 272 g/mol. The number of amides is 1. The summed E-state index contributed by atoms with van der Waals surface area (Å²) in [4.78, 5) is 23.2. The van der Waals surface area contributed by atoms with Gasteiger partial charge in [-0.15, -0.1) is 0 Å².